The molecule has 0 radical (unpaired) electrons. The van der Waals surface area contributed by atoms with Gasteiger partial charge in [-0.25, -0.2) is 4.79 Å². The zero-order valence-corrected chi connectivity index (χ0v) is 11.1. The summed E-state index contributed by atoms with van der Waals surface area (Å²) in [5, 5.41) is 0. The summed E-state index contributed by atoms with van der Waals surface area (Å²) in [4.78, 5) is 11.1. The van der Waals surface area contributed by atoms with Crippen molar-refractivity contribution in [2.24, 2.45) is 0 Å². The molecule has 1 atom stereocenters. The molecule has 0 N–H and O–H groups in total. The fourth-order valence-corrected chi connectivity index (χ4v) is 1.39. The fraction of sp³-hybridized carbons (Fsp3) is 0.357. The maximum absolute atomic E-state index is 11.1. The molecule has 1 unspecified atom stereocenters. The van der Waals surface area contributed by atoms with Gasteiger partial charge in [0.15, 0.2) is 6.10 Å². The highest BCUT2D eigenvalue weighted by molar-refractivity contribution is 5.81. The highest BCUT2D eigenvalue weighted by Gasteiger charge is 2.13. The second-order valence-corrected chi connectivity index (χ2v) is 3.71. The monoisotopic (exact) mass is 266 g/mol. The number of rotatable bonds is 8. The molecule has 0 spiro atoms. The van der Waals surface area contributed by atoms with Gasteiger partial charge in [0.25, 0.3) is 0 Å². The molecular formula is C14H18O5. The molecule has 1 aromatic rings. The quantitative estimate of drug-likeness (QED) is 0.530. The predicted octanol–water partition coefficient (Wildman–Crippen LogP) is 1.82. The van der Waals surface area contributed by atoms with Gasteiger partial charge in [0.1, 0.15) is 18.1 Å². The van der Waals surface area contributed by atoms with E-state index in [2.05, 4.69) is 6.58 Å². The zero-order valence-electron chi connectivity index (χ0n) is 11.1. The first-order valence-electron chi connectivity index (χ1n) is 5.78. The Bertz CT molecular complexity index is 416. The lowest BCUT2D eigenvalue weighted by Crippen LogP contribution is -2.28. The molecule has 1 aromatic carbocycles. The Morgan fingerprint density at radius 1 is 1.32 bits per heavy atom. The third kappa shape index (κ3) is 5.44. The van der Waals surface area contributed by atoms with Crippen molar-refractivity contribution >= 4 is 5.97 Å². The third-order valence-electron chi connectivity index (χ3n) is 2.28. The van der Waals surface area contributed by atoms with Crippen LogP contribution in [-0.4, -0.2) is 39.5 Å². The number of carbonyl (C=O) groups excluding carboxylic acids is 1. The SMILES string of the molecule is C=CC(=O)OC(COC)COc1cccc(OC)c1. The number of esters is 1. The van der Waals surface area contributed by atoms with Gasteiger partial charge in [0.05, 0.1) is 13.7 Å². The van der Waals surface area contributed by atoms with Gasteiger partial charge < -0.3 is 18.9 Å². The van der Waals surface area contributed by atoms with Crippen molar-refractivity contribution in [1.29, 1.82) is 0 Å². The molecular weight excluding hydrogens is 248 g/mol. The minimum Gasteiger partial charge on any atom is -0.497 e. The van der Waals surface area contributed by atoms with Gasteiger partial charge in [0, 0.05) is 19.3 Å². The zero-order chi connectivity index (χ0) is 14.1. The van der Waals surface area contributed by atoms with Crippen molar-refractivity contribution in [1.82, 2.24) is 0 Å². The number of carbonyl (C=O) groups is 1. The molecule has 0 fully saturated rings. The summed E-state index contributed by atoms with van der Waals surface area (Å²) in [6.45, 7) is 3.79. The van der Waals surface area contributed by atoms with Crippen LogP contribution in [0.15, 0.2) is 36.9 Å². The minimum absolute atomic E-state index is 0.195. The Morgan fingerprint density at radius 2 is 2.05 bits per heavy atom. The molecule has 0 bridgehead atoms. The number of hydrogen-bond acceptors (Lipinski definition) is 5. The Kier molecular flexibility index (Phi) is 6.46. The second kappa shape index (κ2) is 8.16. The van der Waals surface area contributed by atoms with E-state index in [0.29, 0.717) is 11.5 Å². The predicted molar refractivity (Wildman–Crippen MR) is 70.4 cm³/mol. The first-order chi connectivity index (χ1) is 9.19. The van der Waals surface area contributed by atoms with Gasteiger partial charge in [0.2, 0.25) is 0 Å². The van der Waals surface area contributed by atoms with Crippen molar-refractivity contribution in [3.63, 3.8) is 0 Å². The lowest BCUT2D eigenvalue weighted by atomic mass is 10.3. The van der Waals surface area contributed by atoms with Crippen LogP contribution in [0.4, 0.5) is 0 Å². The normalized spacial score (nSPS) is 11.5. The Balaban J connectivity index is 2.54. The lowest BCUT2D eigenvalue weighted by molar-refractivity contribution is -0.147. The summed E-state index contributed by atoms with van der Waals surface area (Å²) in [6, 6.07) is 7.17. The summed E-state index contributed by atoms with van der Waals surface area (Å²) >= 11 is 0. The van der Waals surface area contributed by atoms with Crippen LogP contribution in [0.25, 0.3) is 0 Å². The van der Waals surface area contributed by atoms with E-state index in [9.17, 15) is 4.79 Å². The molecule has 0 saturated heterocycles. The van der Waals surface area contributed by atoms with E-state index in [1.54, 1.807) is 19.2 Å². The molecule has 0 aliphatic heterocycles. The summed E-state index contributed by atoms with van der Waals surface area (Å²) in [6.07, 6.45) is 0.621. The van der Waals surface area contributed by atoms with Crippen LogP contribution in [0.1, 0.15) is 0 Å². The van der Waals surface area contributed by atoms with Crippen molar-refractivity contribution in [2.45, 2.75) is 6.10 Å². The highest BCUT2D eigenvalue weighted by atomic mass is 16.6. The number of ether oxygens (including phenoxy) is 4. The molecule has 0 aliphatic carbocycles. The molecule has 0 heterocycles. The van der Waals surface area contributed by atoms with Gasteiger partial charge in [-0.1, -0.05) is 12.6 Å². The van der Waals surface area contributed by atoms with Crippen LogP contribution in [0.5, 0.6) is 11.5 Å². The first-order valence-corrected chi connectivity index (χ1v) is 5.78. The lowest BCUT2D eigenvalue weighted by Gasteiger charge is -2.17. The average Bonchev–Trinajstić information content (AvgIpc) is 2.45. The molecule has 5 nitrogen and oxygen atoms in total. The molecule has 19 heavy (non-hydrogen) atoms. The average molecular weight is 266 g/mol. The van der Waals surface area contributed by atoms with E-state index >= 15 is 0 Å². The molecule has 0 aromatic heterocycles. The Labute approximate surface area is 112 Å². The first kappa shape index (κ1) is 15.0. The maximum atomic E-state index is 11.1. The van der Waals surface area contributed by atoms with Crippen LogP contribution in [0.3, 0.4) is 0 Å². The third-order valence-corrected chi connectivity index (χ3v) is 2.28. The van der Waals surface area contributed by atoms with Gasteiger partial charge in [-0.3, -0.25) is 0 Å². The summed E-state index contributed by atoms with van der Waals surface area (Å²) < 4.78 is 20.7. The van der Waals surface area contributed by atoms with Crippen LogP contribution in [0.2, 0.25) is 0 Å². The van der Waals surface area contributed by atoms with Crippen molar-refractivity contribution < 1.29 is 23.7 Å². The van der Waals surface area contributed by atoms with Crippen LogP contribution in [0, 0.1) is 0 Å². The maximum Gasteiger partial charge on any atom is 0.330 e. The molecule has 0 amide bonds. The molecule has 0 aliphatic rings. The molecule has 0 saturated carbocycles. The summed E-state index contributed by atoms with van der Waals surface area (Å²) in [5.74, 6) is 0.829. The summed E-state index contributed by atoms with van der Waals surface area (Å²) in [7, 11) is 3.11. The molecule has 1 rings (SSSR count). The van der Waals surface area contributed by atoms with E-state index in [4.69, 9.17) is 18.9 Å². The number of hydrogen-bond donors (Lipinski definition) is 0. The van der Waals surface area contributed by atoms with Gasteiger partial charge >= 0.3 is 5.97 Å². The Morgan fingerprint density at radius 3 is 2.68 bits per heavy atom. The van der Waals surface area contributed by atoms with Gasteiger partial charge in [-0.15, -0.1) is 0 Å². The van der Waals surface area contributed by atoms with Crippen molar-refractivity contribution in [3.05, 3.63) is 36.9 Å². The van der Waals surface area contributed by atoms with E-state index in [1.165, 1.54) is 7.11 Å². The van der Waals surface area contributed by atoms with Crippen LogP contribution < -0.4 is 9.47 Å². The number of methoxy groups -OCH3 is 2. The largest absolute Gasteiger partial charge is 0.497 e. The van der Waals surface area contributed by atoms with Crippen LogP contribution >= 0.6 is 0 Å². The van der Waals surface area contributed by atoms with Gasteiger partial charge in [-0.2, -0.15) is 0 Å². The van der Waals surface area contributed by atoms with E-state index in [1.807, 2.05) is 12.1 Å². The molecule has 104 valence electrons. The topological polar surface area (TPSA) is 54.0 Å². The van der Waals surface area contributed by atoms with E-state index < -0.39 is 12.1 Å². The van der Waals surface area contributed by atoms with Crippen LogP contribution in [-0.2, 0) is 14.3 Å². The van der Waals surface area contributed by atoms with Crippen molar-refractivity contribution in [2.75, 3.05) is 27.4 Å². The van der Waals surface area contributed by atoms with Crippen molar-refractivity contribution in [3.8, 4) is 11.5 Å². The highest BCUT2D eigenvalue weighted by Crippen LogP contribution is 2.19. The summed E-state index contributed by atoms with van der Waals surface area (Å²) in [5.41, 5.74) is 0. The van der Waals surface area contributed by atoms with E-state index in [-0.39, 0.29) is 13.2 Å². The molecule has 5 heteroatoms. The minimum atomic E-state index is -0.503. The van der Waals surface area contributed by atoms with Gasteiger partial charge in [-0.05, 0) is 12.1 Å². The Hall–Kier alpha value is -2.01. The fourth-order valence-electron chi connectivity index (χ4n) is 1.39. The van der Waals surface area contributed by atoms with E-state index in [0.717, 1.165) is 6.08 Å². The second-order valence-electron chi connectivity index (χ2n) is 3.71. The standard InChI is InChI=1S/C14H18O5/c1-4-14(15)19-13(9-16-2)10-18-12-7-5-6-11(8-12)17-3/h4-8,13H,1,9-10H2,2-3H3. The number of benzene rings is 1. The smallest absolute Gasteiger partial charge is 0.330 e.